The molecule has 2 heterocycles. The molecule has 1 fully saturated rings. The van der Waals surface area contributed by atoms with Gasteiger partial charge < -0.3 is 10.2 Å². The van der Waals surface area contributed by atoms with Gasteiger partial charge in [-0.05, 0) is 42.0 Å². The third-order valence-corrected chi connectivity index (χ3v) is 6.39. The number of carbonyl (C=O) groups excluding carboxylic acids is 1. The Bertz CT molecular complexity index is 1050. The lowest BCUT2D eigenvalue weighted by Gasteiger charge is -2.32. The van der Waals surface area contributed by atoms with Crippen molar-refractivity contribution in [3.05, 3.63) is 93.5 Å². The van der Waals surface area contributed by atoms with Gasteiger partial charge in [0, 0.05) is 25.8 Å². The fraction of sp³-hybridized carbons (Fsp3) is 0.250. The minimum atomic E-state index is -0.237. The van der Waals surface area contributed by atoms with Crippen LogP contribution in [0.4, 0.5) is 10.1 Å². The van der Waals surface area contributed by atoms with Gasteiger partial charge in [-0.3, -0.25) is 4.79 Å². The van der Waals surface area contributed by atoms with Crippen LogP contribution in [-0.2, 0) is 6.54 Å². The molecule has 31 heavy (non-hydrogen) atoms. The zero-order chi connectivity index (χ0) is 21.8. The van der Waals surface area contributed by atoms with Crippen molar-refractivity contribution in [2.24, 2.45) is 0 Å². The monoisotopic (exact) mass is 457 g/mol. The highest BCUT2D eigenvalue weighted by atomic mass is 35.5. The maximum absolute atomic E-state index is 13.3. The summed E-state index contributed by atoms with van der Waals surface area (Å²) in [5.41, 5.74) is 3.07. The molecule has 0 radical (unpaired) electrons. The SMILES string of the molecule is O=C(c1cnc(Cl)c(Cl)c1NCc1ccccc1)N1CCC(c2ccc(F)cc2)CC1. The molecule has 1 aromatic heterocycles. The van der Waals surface area contributed by atoms with Gasteiger partial charge in [-0.1, -0.05) is 65.7 Å². The second-order valence-electron chi connectivity index (χ2n) is 7.61. The summed E-state index contributed by atoms with van der Waals surface area (Å²) in [5, 5.41) is 3.66. The first-order valence-corrected chi connectivity index (χ1v) is 10.9. The number of piperidine rings is 1. The van der Waals surface area contributed by atoms with E-state index in [2.05, 4.69) is 10.3 Å². The largest absolute Gasteiger partial charge is 0.379 e. The molecule has 0 bridgehead atoms. The number of anilines is 1. The summed E-state index contributed by atoms with van der Waals surface area (Å²) >= 11 is 12.5. The van der Waals surface area contributed by atoms with Crippen LogP contribution in [0.5, 0.6) is 0 Å². The average Bonchev–Trinajstić information content (AvgIpc) is 2.81. The Hall–Kier alpha value is -2.63. The molecule has 1 aliphatic rings. The quantitative estimate of drug-likeness (QED) is 0.466. The third kappa shape index (κ3) is 5.00. The maximum atomic E-state index is 13.3. The number of carbonyl (C=O) groups is 1. The smallest absolute Gasteiger partial charge is 0.257 e. The number of pyridine rings is 1. The molecule has 7 heteroatoms. The van der Waals surface area contributed by atoms with Crippen molar-refractivity contribution < 1.29 is 9.18 Å². The van der Waals surface area contributed by atoms with Crippen LogP contribution < -0.4 is 5.32 Å². The van der Waals surface area contributed by atoms with E-state index in [-0.39, 0.29) is 21.9 Å². The Kier molecular flexibility index (Phi) is 6.73. The number of benzene rings is 2. The molecule has 0 aliphatic carbocycles. The average molecular weight is 458 g/mol. The van der Waals surface area contributed by atoms with Crippen molar-refractivity contribution in [3.63, 3.8) is 0 Å². The van der Waals surface area contributed by atoms with Gasteiger partial charge in [0.25, 0.3) is 5.91 Å². The number of rotatable bonds is 5. The third-order valence-electron chi connectivity index (χ3n) is 5.64. The van der Waals surface area contributed by atoms with Gasteiger partial charge in [0.1, 0.15) is 16.0 Å². The van der Waals surface area contributed by atoms with Crippen LogP contribution in [0, 0.1) is 5.82 Å². The van der Waals surface area contributed by atoms with Crippen molar-refractivity contribution in [3.8, 4) is 0 Å². The molecule has 160 valence electrons. The van der Waals surface area contributed by atoms with Gasteiger partial charge in [0.15, 0.2) is 0 Å². The molecule has 4 rings (SSSR count). The zero-order valence-corrected chi connectivity index (χ0v) is 18.3. The van der Waals surface area contributed by atoms with Gasteiger partial charge in [-0.15, -0.1) is 0 Å². The summed E-state index contributed by atoms with van der Waals surface area (Å²) in [6.45, 7) is 1.73. The highest BCUT2D eigenvalue weighted by Gasteiger charge is 2.27. The van der Waals surface area contributed by atoms with Crippen LogP contribution in [0.3, 0.4) is 0 Å². The number of likely N-dealkylation sites (tertiary alicyclic amines) is 1. The van der Waals surface area contributed by atoms with Crippen LogP contribution in [0.1, 0.15) is 40.2 Å². The molecular weight excluding hydrogens is 436 g/mol. The number of amides is 1. The normalized spacial score (nSPS) is 14.5. The Labute approximate surface area is 191 Å². The zero-order valence-electron chi connectivity index (χ0n) is 16.8. The van der Waals surface area contributed by atoms with Crippen LogP contribution in [0.2, 0.25) is 10.2 Å². The summed E-state index contributed by atoms with van der Waals surface area (Å²) in [7, 11) is 0. The fourth-order valence-corrected chi connectivity index (χ4v) is 4.27. The van der Waals surface area contributed by atoms with E-state index in [0.29, 0.717) is 36.8 Å². The summed E-state index contributed by atoms with van der Waals surface area (Å²) in [5.74, 6) is -0.0505. The molecule has 1 saturated heterocycles. The first-order chi connectivity index (χ1) is 15.0. The number of hydrogen-bond donors (Lipinski definition) is 1. The van der Waals surface area contributed by atoms with Crippen molar-refractivity contribution in [1.82, 2.24) is 9.88 Å². The van der Waals surface area contributed by atoms with E-state index in [1.54, 1.807) is 0 Å². The van der Waals surface area contributed by atoms with E-state index in [1.807, 2.05) is 47.4 Å². The second-order valence-corrected chi connectivity index (χ2v) is 8.34. The predicted octanol–water partition coefficient (Wildman–Crippen LogP) is 6.16. The van der Waals surface area contributed by atoms with Gasteiger partial charge >= 0.3 is 0 Å². The molecule has 0 atom stereocenters. The predicted molar refractivity (Wildman–Crippen MR) is 122 cm³/mol. The lowest BCUT2D eigenvalue weighted by molar-refractivity contribution is 0.0713. The molecule has 3 aromatic rings. The highest BCUT2D eigenvalue weighted by molar-refractivity contribution is 6.43. The minimum absolute atomic E-state index is 0.126. The van der Waals surface area contributed by atoms with Crippen LogP contribution in [-0.4, -0.2) is 28.9 Å². The Morgan fingerprint density at radius 1 is 1.06 bits per heavy atom. The van der Waals surface area contributed by atoms with Gasteiger partial charge in [-0.25, -0.2) is 9.37 Å². The highest BCUT2D eigenvalue weighted by Crippen LogP contribution is 2.34. The van der Waals surface area contributed by atoms with E-state index in [0.717, 1.165) is 24.0 Å². The summed E-state index contributed by atoms with van der Waals surface area (Å²) < 4.78 is 13.2. The van der Waals surface area contributed by atoms with Gasteiger partial charge in [0.05, 0.1) is 11.3 Å². The lowest BCUT2D eigenvalue weighted by Crippen LogP contribution is -2.38. The lowest BCUT2D eigenvalue weighted by atomic mass is 9.89. The van der Waals surface area contributed by atoms with E-state index < -0.39 is 0 Å². The van der Waals surface area contributed by atoms with Crippen LogP contribution in [0.15, 0.2) is 60.8 Å². The summed E-state index contributed by atoms with van der Waals surface area (Å²) in [6.07, 6.45) is 3.12. The second kappa shape index (κ2) is 9.67. The van der Waals surface area contributed by atoms with Crippen LogP contribution in [0.25, 0.3) is 0 Å². The van der Waals surface area contributed by atoms with Crippen molar-refractivity contribution in [1.29, 1.82) is 0 Å². The van der Waals surface area contributed by atoms with E-state index >= 15 is 0 Å². The summed E-state index contributed by atoms with van der Waals surface area (Å²) in [4.78, 5) is 19.2. The number of hydrogen-bond acceptors (Lipinski definition) is 3. The molecule has 0 spiro atoms. The van der Waals surface area contributed by atoms with Crippen LogP contribution >= 0.6 is 23.2 Å². The van der Waals surface area contributed by atoms with E-state index in [9.17, 15) is 9.18 Å². The van der Waals surface area contributed by atoms with E-state index in [4.69, 9.17) is 23.2 Å². The van der Waals surface area contributed by atoms with Gasteiger partial charge in [-0.2, -0.15) is 0 Å². The van der Waals surface area contributed by atoms with Crippen molar-refractivity contribution >= 4 is 34.8 Å². The Morgan fingerprint density at radius 2 is 1.74 bits per heavy atom. The molecule has 1 N–H and O–H groups in total. The summed E-state index contributed by atoms with van der Waals surface area (Å²) in [6, 6.07) is 16.5. The Balaban J connectivity index is 1.48. The molecule has 0 saturated carbocycles. The molecule has 4 nitrogen and oxygen atoms in total. The maximum Gasteiger partial charge on any atom is 0.257 e. The molecular formula is C24H22Cl2FN3O. The molecule has 1 amide bonds. The molecule has 0 unspecified atom stereocenters. The number of nitrogens with zero attached hydrogens (tertiary/aromatic N) is 2. The first kappa shape index (κ1) is 21.6. The Morgan fingerprint density at radius 3 is 2.42 bits per heavy atom. The first-order valence-electron chi connectivity index (χ1n) is 10.2. The van der Waals surface area contributed by atoms with Crippen molar-refractivity contribution in [2.45, 2.75) is 25.3 Å². The number of aromatic nitrogens is 1. The molecule has 2 aromatic carbocycles. The number of halogens is 3. The minimum Gasteiger partial charge on any atom is -0.379 e. The van der Waals surface area contributed by atoms with E-state index in [1.165, 1.54) is 18.3 Å². The van der Waals surface area contributed by atoms with Crippen molar-refractivity contribution in [2.75, 3.05) is 18.4 Å². The topological polar surface area (TPSA) is 45.2 Å². The molecule has 1 aliphatic heterocycles. The fourth-order valence-electron chi connectivity index (χ4n) is 3.91. The van der Waals surface area contributed by atoms with Gasteiger partial charge in [0.2, 0.25) is 0 Å². The standard InChI is InChI=1S/C24H22Cl2FN3O/c25-21-22(28-14-16-4-2-1-3-5-16)20(15-29-23(21)26)24(31)30-12-10-18(11-13-30)17-6-8-19(27)9-7-17/h1-9,15,18H,10-14H2,(H,28,29). The number of nitrogens with one attached hydrogen (secondary N) is 1.